The number of ether oxygens (including phenoxy) is 2. The zero-order valence-corrected chi connectivity index (χ0v) is 13.2. The van der Waals surface area contributed by atoms with E-state index in [1.165, 1.54) is 17.5 Å². The minimum absolute atomic E-state index is 0.0533. The Kier molecular flexibility index (Phi) is 2.51. The SMILES string of the molecule is CO[C@@H]1CC[C@H]2[C@H]3Cc4ccc(O)c5c4[C@@]2(CCN3C)[C@H]1O5. The van der Waals surface area contributed by atoms with Crippen molar-refractivity contribution < 1.29 is 14.6 Å². The second kappa shape index (κ2) is 4.18. The molecule has 2 fully saturated rings. The molecule has 4 aliphatic rings. The second-order valence-corrected chi connectivity index (χ2v) is 7.49. The van der Waals surface area contributed by atoms with Gasteiger partial charge in [0.2, 0.25) is 0 Å². The minimum Gasteiger partial charge on any atom is -0.504 e. The van der Waals surface area contributed by atoms with Crippen molar-refractivity contribution >= 4 is 0 Å². The molecule has 1 saturated heterocycles. The predicted octanol–water partition coefficient (Wildman–Crippen LogP) is 2.08. The third kappa shape index (κ3) is 1.32. The summed E-state index contributed by atoms with van der Waals surface area (Å²) in [5.41, 5.74) is 2.74. The van der Waals surface area contributed by atoms with Crippen LogP contribution in [0.3, 0.4) is 0 Å². The summed E-state index contributed by atoms with van der Waals surface area (Å²) in [7, 11) is 4.06. The third-order valence-electron chi connectivity index (χ3n) is 6.84. The molecule has 22 heavy (non-hydrogen) atoms. The van der Waals surface area contributed by atoms with Gasteiger partial charge in [-0.1, -0.05) is 6.07 Å². The van der Waals surface area contributed by atoms with Gasteiger partial charge in [-0.15, -0.1) is 0 Å². The van der Waals surface area contributed by atoms with E-state index in [4.69, 9.17) is 9.47 Å². The first kappa shape index (κ1) is 13.2. The molecule has 2 aliphatic heterocycles. The second-order valence-electron chi connectivity index (χ2n) is 7.49. The number of phenols is 1. The van der Waals surface area contributed by atoms with Gasteiger partial charge in [0.25, 0.3) is 0 Å². The molecule has 0 unspecified atom stereocenters. The lowest BCUT2D eigenvalue weighted by Crippen LogP contribution is -2.66. The zero-order chi connectivity index (χ0) is 15.1. The summed E-state index contributed by atoms with van der Waals surface area (Å²) in [4.78, 5) is 2.54. The van der Waals surface area contributed by atoms with Crippen molar-refractivity contribution in [3.63, 3.8) is 0 Å². The number of aromatic hydroxyl groups is 1. The normalized spacial score (nSPS) is 41.9. The maximum atomic E-state index is 10.3. The topological polar surface area (TPSA) is 41.9 Å². The highest BCUT2D eigenvalue weighted by molar-refractivity contribution is 5.60. The molecule has 2 heterocycles. The van der Waals surface area contributed by atoms with Gasteiger partial charge in [0, 0.05) is 24.1 Å². The standard InChI is InChI=1S/C18H23NO3/c1-19-8-7-18-11-4-6-14(21-2)17(18)22-16-13(20)5-3-10(15(16)18)9-12(11)19/h3,5,11-12,14,17,20H,4,6-9H2,1-2H3/t11-,12+,14+,17-,18-/m0/s1. The van der Waals surface area contributed by atoms with E-state index in [1.54, 1.807) is 13.2 Å². The van der Waals surface area contributed by atoms with Crippen LogP contribution >= 0.6 is 0 Å². The molecule has 5 atom stereocenters. The summed E-state index contributed by atoms with van der Waals surface area (Å²) in [5.74, 6) is 1.67. The number of benzene rings is 1. The molecule has 1 spiro atoms. The number of nitrogens with zero attached hydrogens (tertiary/aromatic N) is 1. The fourth-order valence-electron chi connectivity index (χ4n) is 5.93. The molecule has 1 aromatic rings. The van der Waals surface area contributed by atoms with Crippen LogP contribution in [0.1, 0.15) is 30.4 Å². The number of rotatable bonds is 1. The maximum Gasteiger partial charge on any atom is 0.165 e. The van der Waals surface area contributed by atoms with E-state index in [-0.39, 0.29) is 17.6 Å². The summed E-state index contributed by atoms with van der Waals surface area (Å²) >= 11 is 0. The van der Waals surface area contributed by atoms with E-state index in [9.17, 15) is 5.11 Å². The molecule has 4 heteroatoms. The molecule has 2 bridgehead atoms. The highest BCUT2D eigenvalue weighted by Gasteiger charge is 2.65. The molecule has 0 amide bonds. The van der Waals surface area contributed by atoms with Crippen molar-refractivity contribution in [1.29, 1.82) is 0 Å². The lowest BCUT2D eigenvalue weighted by Gasteiger charge is -2.58. The van der Waals surface area contributed by atoms with Crippen LogP contribution in [0.15, 0.2) is 12.1 Å². The number of phenolic OH excluding ortho intramolecular Hbond substituents is 1. The quantitative estimate of drug-likeness (QED) is 0.862. The van der Waals surface area contributed by atoms with Crippen molar-refractivity contribution in [1.82, 2.24) is 4.90 Å². The smallest absolute Gasteiger partial charge is 0.165 e. The van der Waals surface area contributed by atoms with Gasteiger partial charge in [0.1, 0.15) is 6.10 Å². The van der Waals surface area contributed by atoms with Gasteiger partial charge in [0.05, 0.1) is 6.10 Å². The number of hydrogen-bond donors (Lipinski definition) is 1. The van der Waals surface area contributed by atoms with Crippen LogP contribution in [0.25, 0.3) is 0 Å². The number of piperidine rings is 1. The van der Waals surface area contributed by atoms with Gasteiger partial charge in [-0.3, -0.25) is 0 Å². The molecule has 4 nitrogen and oxygen atoms in total. The van der Waals surface area contributed by atoms with E-state index in [2.05, 4.69) is 18.0 Å². The first-order valence-electron chi connectivity index (χ1n) is 8.42. The van der Waals surface area contributed by atoms with Crippen LogP contribution in [-0.2, 0) is 16.6 Å². The van der Waals surface area contributed by atoms with Crippen LogP contribution in [0.5, 0.6) is 11.5 Å². The van der Waals surface area contributed by atoms with Crippen molar-refractivity contribution in [2.24, 2.45) is 5.92 Å². The summed E-state index contributed by atoms with van der Waals surface area (Å²) < 4.78 is 12.1. The van der Waals surface area contributed by atoms with Crippen LogP contribution in [-0.4, -0.2) is 49.0 Å². The molecular formula is C18H23NO3. The van der Waals surface area contributed by atoms with Crippen molar-refractivity contribution in [2.75, 3.05) is 20.7 Å². The fourth-order valence-corrected chi connectivity index (χ4v) is 5.93. The molecule has 5 rings (SSSR count). The van der Waals surface area contributed by atoms with Crippen molar-refractivity contribution in [3.05, 3.63) is 23.3 Å². The number of likely N-dealkylation sites (N-methyl/N-ethyl adjacent to an activating group) is 1. The molecule has 118 valence electrons. The number of hydrogen-bond acceptors (Lipinski definition) is 4. The Morgan fingerprint density at radius 3 is 3.05 bits per heavy atom. The summed E-state index contributed by atoms with van der Waals surface area (Å²) in [6.45, 7) is 1.10. The first-order chi connectivity index (χ1) is 10.7. The minimum atomic E-state index is 0.0533. The van der Waals surface area contributed by atoms with Gasteiger partial charge in [-0.2, -0.15) is 0 Å². The molecule has 1 N–H and O–H groups in total. The monoisotopic (exact) mass is 301 g/mol. The van der Waals surface area contributed by atoms with Gasteiger partial charge in [-0.25, -0.2) is 0 Å². The Bertz CT molecular complexity index is 645. The highest BCUT2D eigenvalue weighted by Crippen LogP contribution is 2.63. The maximum absolute atomic E-state index is 10.3. The Balaban J connectivity index is 1.78. The molecule has 0 aromatic heterocycles. The van der Waals surface area contributed by atoms with Crippen LogP contribution in [0.2, 0.25) is 0 Å². The van der Waals surface area contributed by atoms with E-state index >= 15 is 0 Å². The molecule has 0 radical (unpaired) electrons. The molecular weight excluding hydrogens is 278 g/mol. The Hall–Kier alpha value is -1.26. The average molecular weight is 301 g/mol. The Morgan fingerprint density at radius 1 is 1.36 bits per heavy atom. The van der Waals surface area contributed by atoms with Gasteiger partial charge in [-0.05, 0) is 56.8 Å². The molecule has 2 aliphatic carbocycles. The summed E-state index contributed by atoms with van der Waals surface area (Å²) in [6, 6.07) is 4.51. The van der Waals surface area contributed by atoms with Crippen LogP contribution in [0.4, 0.5) is 0 Å². The first-order valence-corrected chi connectivity index (χ1v) is 8.42. The predicted molar refractivity (Wildman–Crippen MR) is 82.5 cm³/mol. The summed E-state index contributed by atoms with van der Waals surface area (Å²) in [6.07, 6.45) is 4.65. The summed E-state index contributed by atoms with van der Waals surface area (Å²) in [5, 5.41) is 10.3. The average Bonchev–Trinajstić information content (AvgIpc) is 2.88. The van der Waals surface area contributed by atoms with Crippen LogP contribution in [0, 0.1) is 5.92 Å². The highest BCUT2D eigenvalue weighted by atomic mass is 16.5. The van der Waals surface area contributed by atoms with Gasteiger partial charge >= 0.3 is 0 Å². The van der Waals surface area contributed by atoms with E-state index in [0.29, 0.717) is 17.7 Å². The third-order valence-corrected chi connectivity index (χ3v) is 6.84. The van der Waals surface area contributed by atoms with Crippen molar-refractivity contribution in [3.8, 4) is 11.5 Å². The Labute approximate surface area is 131 Å². The molecule has 1 aromatic carbocycles. The number of methoxy groups -OCH3 is 1. The van der Waals surface area contributed by atoms with E-state index in [0.717, 1.165) is 31.6 Å². The van der Waals surface area contributed by atoms with E-state index in [1.807, 2.05) is 0 Å². The van der Waals surface area contributed by atoms with Crippen molar-refractivity contribution in [2.45, 2.75) is 49.3 Å². The lowest BCUT2D eigenvalue weighted by molar-refractivity contribution is -0.111. The zero-order valence-electron chi connectivity index (χ0n) is 13.2. The lowest BCUT2D eigenvalue weighted by atomic mass is 9.51. The van der Waals surface area contributed by atoms with Gasteiger partial charge < -0.3 is 19.5 Å². The number of likely N-dealkylation sites (tertiary alicyclic amines) is 1. The van der Waals surface area contributed by atoms with E-state index < -0.39 is 0 Å². The Morgan fingerprint density at radius 2 is 2.23 bits per heavy atom. The molecule has 1 saturated carbocycles. The van der Waals surface area contributed by atoms with Gasteiger partial charge in [0.15, 0.2) is 11.5 Å². The largest absolute Gasteiger partial charge is 0.504 e. The fraction of sp³-hybridized carbons (Fsp3) is 0.667. The van der Waals surface area contributed by atoms with Crippen LogP contribution < -0.4 is 4.74 Å².